The largest absolute Gasteiger partial charge is 0.369 e. The molecule has 0 aliphatic rings. The number of nitrogens with one attached hydrogen (secondary N) is 1. The number of benzene rings is 1. The van der Waals surface area contributed by atoms with E-state index in [1.165, 1.54) is 5.56 Å². The Balaban J connectivity index is 1.99. The first-order valence-corrected chi connectivity index (χ1v) is 6.05. The lowest BCUT2D eigenvalue weighted by Gasteiger charge is -2.13. The summed E-state index contributed by atoms with van der Waals surface area (Å²) in [5.41, 5.74) is 7.80. The van der Waals surface area contributed by atoms with Crippen molar-refractivity contribution in [2.45, 2.75) is 19.8 Å². The number of nitrogen functional groups attached to an aromatic ring is 1. The summed E-state index contributed by atoms with van der Waals surface area (Å²) in [7, 11) is 0. The average Bonchev–Trinajstić information content (AvgIpc) is 2.36. The van der Waals surface area contributed by atoms with E-state index in [-0.39, 0.29) is 0 Å². The highest BCUT2D eigenvalue weighted by Crippen LogP contribution is 2.15. The third-order valence-corrected chi connectivity index (χ3v) is 2.83. The third-order valence-electron chi connectivity index (χ3n) is 2.83. The molecule has 1 unspecified atom stereocenters. The Morgan fingerprint density at radius 1 is 1.22 bits per heavy atom. The Morgan fingerprint density at radius 2 is 1.94 bits per heavy atom. The minimum absolute atomic E-state index is 0.310. The van der Waals surface area contributed by atoms with Crippen LogP contribution in [0, 0.1) is 6.92 Å². The molecule has 1 aromatic heterocycles. The number of rotatable bonds is 4. The van der Waals surface area contributed by atoms with Gasteiger partial charge in [0.2, 0.25) is 5.95 Å². The molecule has 1 atom stereocenters. The van der Waals surface area contributed by atoms with Gasteiger partial charge < -0.3 is 11.1 Å². The minimum atomic E-state index is 0.310. The first-order valence-electron chi connectivity index (χ1n) is 6.05. The van der Waals surface area contributed by atoms with Crippen molar-refractivity contribution < 1.29 is 0 Å². The van der Waals surface area contributed by atoms with Gasteiger partial charge in [-0.05, 0) is 18.4 Å². The van der Waals surface area contributed by atoms with Crippen LogP contribution < -0.4 is 11.1 Å². The van der Waals surface area contributed by atoms with Crippen LogP contribution in [0.2, 0.25) is 0 Å². The fraction of sp³-hybridized carbons (Fsp3) is 0.286. The highest BCUT2D eigenvalue weighted by Gasteiger charge is 2.05. The van der Waals surface area contributed by atoms with Crippen molar-refractivity contribution in [2.24, 2.45) is 0 Å². The summed E-state index contributed by atoms with van der Waals surface area (Å²) in [6.45, 7) is 4.91. The Kier molecular flexibility index (Phi) is 3.77. The Labute approximate surface area is 107 Å². The molecule has 0 fully saturated rings. The van der Waals surface area contributed by atoms with Gasteiger partial charge in [-0.2, -0.15) is 4.98 Å². The van der Waals surface area contributed by atoms with Gasteiger partial charge in [0.15, 0.2) is 0 Å². The van der Waals surface area contributed by atoms with Crippen LogP contribution in [-0.2, 0) is 0 Å². The van der Waals surface area contributed by atoms with E-state index < -0.39 is 0 Å². The van der Waals surface area contributed by atoms with Crippen LogP contribution in [-0.4, -0.2) is 16.5 Å². The maximum Gasteiger partial charge on any atom is 0.222 e. The number of hydrogen-bond acceptors (Lipinski definition) is 4. The van der Waals surface area contributed by atoms with Crippen LogP contribution in [0.3, 0.4) is 0 Å². The summed E-state index contributed by atoms with van der Waals surface area (Å²) in [4.78, 5) is 8.20. The normalized spacial score (nSPS) is 12.1. The van der Waals surface area contributed by atoms with Gasteiger partial charge >= 0.3 is 0 Å². The van der Waals surface area contributed by atoms with Gasteiger partial charge in [0.1, 0.15) is 5.82 Å². The third kappa shape index (κ3) is 3.20. The van der Waals surface area contributed by atoms with Crippen molar-refractivity contribution in [3.63, 3.8) is 0 Å². The van der Waals surface area contributed by atoms with Crippen LogP contribution >= 0.6 is 0 Å². The van der Waals surface area contributed by atoms with E-state index in [0.29, 0.717) is 11.9 Å². The Morgan fingerprint density at radius 3 is 2.61 bits per heavy atom. The second-order valence-corrected chi connectivity index (χ2v) is 4.45. The standard InChI is InChI=1S/C14H18N4/c1-10(12-6-4-3-5-7-12)9-16-13-8-11(2)17-14(15)18-13/h3-8,10H,9H2,1-2H3,(H3,15,16,17,18). The molecule has 3 N–H and O–H groups in total. The second-order valence-electron chi connectivity index (χ2n) is 4.45. The summed E-state index contributed by atoms with van der Waals surface area (Å²) in [5, 5.41) is 3.29. The molecule has 0 spiro atoms. The van der Waals surface area contributed by atoms with Crippen molar-refractivity contribution in [1.82, 2.24) is 9.97 Å². The van der Waals surface area contributed by atoms with Crippen molar-refractivity contribution in [2.75, 3.05) is 17.6 Å². The monoisotopic (exact) mass is 242 g/mol. The maximum absolute atomic E-state index is 5.61. The molecule has 0 amide bonds. The highest BCUT2D eigenvalue weighted by molar-refractivity contribution is 5.40. The van der Waals surface area contributed by atoms with E-state index in [1.54, 1.807) is 0 Å². The van der Waals surface area contributed by atoms with E-state index in [2.05, 4.69) is 46.5 Å². The lowest BCUT2D eigenvalue weighted by Crippen LogP contribution is -2.12. The summed E-state index contributed by atoms with van der Waals surface area (Å²) in [5.74, 6) is 1.51. The summed E-state index contributed by atoms with van der Waals surface area (Å²) in [6.07, 6.45) is 0. The van der Waals surface area contributed by atoms with Crippen LogP contribution in [0.25, 0.3) is 0 Å². The first kappa shape index (κ1) is 12.4. The molecule has 4 heteroatoms. The van der Waals surface area contributed by atoms with Crippen molar-refractivity contribution >= 4 is 11.8 Å². The average molecular weight is 242 g/mol. The number of aromatic nitrogens is 2. The number of nitrogens with two attached hydrogens (primary N) is 1. The van der Waals surface area contributed by atoms with Crippen LogP contribution in [0.4, 0.5) is 11.8 Å². The number of aryl methyl sites for hydroxylation is 1. The molecule has 18 heavy (non-hydrogen) atoms. The van der Waals surface area contributed by atoms with Crippen molar-refractivity contribution in [1.29, 1.82) is 0 Å². The predicted octanol–water partition coefficient (Wildman–Crippen LogP) is 2.58. The molecule has 94 valence electrons. The van der Waals surface area contributed by atoms with Crippen molar-refractivity contribution in [3.8, 4) is 0 Å². The van der Waals surface area contributed by atoms with E-state index in [0.717, 1.165) is 18.1 Å². The minimum Gasteiger partial charge on any atom is -0.369 e. The zero-order valence-corrected chi connectivity index (χ0v) is 10.7. The Bertz CT molecular complexity index is 490. The first-order chi connectivity index (χ1) is 8.65. The SMILES string of the molecule is Cc1cc(NCC(C)c2ccccc2)nc(N)n1. The van der Waals surface area contributed by atoms with Gasteiger partial charge in [-0.1, -0.05) is 37.3 Å². The zero-order chi connectivity index (χ0) is 13.0. The van der Waals surface area contributed by atoms with E-state index in [1.807, 2.05) is 19.1 Å². The predicted molar refractivity (Wildman–Crippen MR) is 74.5 cm³/mol. The molecule has 2 aromatic rings. The molecule has 2 rings (SSSR count). The zero-order valence-electron chi connectivity index (χ0n) is 10.7. The van der Waals surface area contributed by atoms with E-state index in [4.69, 9.17) is 5.73 Å². The number of anilines is 2. The van der Waals surface area contributed by atoms with Crippen molar-refractivity contribution in [3.05, 3.63) is 47.7 Å². The molecule has 0 bridgehead atoms. The lowest BCUT2D eigenvalue weighted by molar-refractivity contribution is 0.801. The van der Waals surface area contributed by atoms with Gasteiger partial charge in [0, 0.05) is 18.3 Å². The molecule has 0 radical (unpaired) electrons. The van der Waals surface area contributed by atoms with Gasteiger partial charge in [0.25, 0.3) is 0 Å². The molecule has 0 saturated carbocycles. The molecule has 1 aromatic carbocycles. The Hall–Kier alpha value is -2.10. The molecule has 0 aliphatic carbocycles. The van der Waals surface area contributed by atoms with Gasteiger partial charge in [-0.15, -0.1) is 0 Å². The molecule has 0 saturated heterocycles. The summed E-state index contributed by atoms with van der Waals surface area (Å²) < 4.78 is 0. The van der Waals surface area contributed by atoms with Gasteiger partial charge in [0.05, 0.1) is 0 Å². The smallest absolute Gasteiger partial charge is 0.222 e. The molecular weight excluding hydrogens is 224 g/mol. The van der Waals surface area contributed by atoms with E-state index in [9.17, 15) is 0 Å². The number of hydrogen-bond donors (Lipinski definition) is 2. The topological polar surface area (TPSA) is 63.8 Å². The van der Waals surface area contributed by atoms with Crippen LogP contribution in [0.1, 0.15) is 24.1 Å². The molecule has 4 nitrogen and oxygen atoms in total. The quantitative estimate of drug-likeness (QED) is 0.865. The van der Waals surface area contributed by atoms with E-state index >= 15 is 0 Å². The lowest BCUT2D eigenvalue weighted by atomic mass is 10.0. The molecular formula is C14H18N4. The fourth-order valence-corrected chi connectivity index (χ4v) is 1.84. The fourth-order valence-electron chi connectivity index (χ4n) is 1.84. The van der Waals surface area contributed by atoms with Crippen LogP contribution in [0.15, 0.2) is 36.4 Å². The molecule has 1 heterocycles. The summed E-state index contributed by atoms with van der Waals surface area (Å²) >= 11 is 0. The highest BCUT2D eigenvalue weighted by atomic mass is 15.1. The van der Waals surface area contributed by atoms with Gasteiger partial charge in [-0.3, -0.25) is 0 Å². The van der Waals surface area contributed by atoms with Gasteiger partial charge in [-0.25, -0.2) is 4.98 Å². The maximum atomic E-state index is 5.61. The summed E-state index contributed by atoms with van der Waals surface area (Å²) in [6, 6.07) is 12.3. The molecule has 0 aliphatic heterocycles. The van der Waals surface area contributed by atoms with Crippen LogP contribution in [0.5, 0.6) is 0 Å². The number of nitrogens with zero attached hydrogens (tertiary/aromatic N) is 2. The second kappa shape index (κ2) is 5.49.